The molecule has 0 aliphatic rings. The molecule has 0 fully saturated rings. The third kappa shape index (κ3) is 14.3. The van der Waals surface area contributed by atoms with Crippen molar-refractivity contribution in [2.75, 3.05) is 6.61 Å². The molecule has 12 nitrogen and oxygen atoms in total. The van der Waals surface area contributed by atoms with E-state index >= 15 is 0 Å². The number of carbonyl (C=O) groups is 4. The molecular formula is C48H56N6Na2O6. The number of amides is 4. The van der Waals surface area contributed by atoms with E-state index in [0.717, 1.165) is 38.2 Å². The first-order valence-corrected chi connectivity index (χ1v) is 20.5. The molecule has 6 aromatic rings. The molecule has 0 saturated carbocycles. The molecule has 5 aromatic carbocycles. The van der Waals surface area contributed by atoms with Crippen molar-refractivity contribution in [3.8, 4) is 0 Å². The third-order valence-corrected chi connectivity index (χ3v) is 10.7. The number of hydrogen-bond acceptors (Lipinski definition) is 7. The SMILES string of the molecule is CC(C)CC(NC(=O)CC(O)C(CO)NC(=O)C(Cc1c[nH]cn1)NC(=O)C(Cc1cccc2ccccc12)Cc1cccc2ccccc12)C(=O)NCc1ccccc1.[NaH].[NaH]. The molecule has 0 radical (unpaired) electrons. The van der Waals surface area contributed by atoms with Gasteiger partial charge in [0.2, 0.25) is 23.6 Å². The van der Waals surface area contributed by atoms with Crippen molar-refractivity contribution < 1.29 is 29.4 Å². The summed E-state index contributed by atoms with van der Waals surface area (Å²) >= 11 is 0. The van der Waals surface area contributed by atoms with Crippen LogP contribution in [0.5, 0.6) is 0 Å². The number of fused-ring (bicyclic) bond motifs is 2. The van der Waals surface area contributed by atoms with Crippen LogP contribution in [0.3, 0.4) is 0 Å². The van der Waals surface area contributed by atoms with E-state index in [2.05, 4.69) is 31.2 Å². The summed E-state index contributed by atoms with van der Waals surface area (Å²) in [7, 11) is 0. The van der Waals surface area contributed by atoms with Crippen LogP contribution in [0.15, 0.2) is 128 Å². The molecule has 316 valence electrons. The number of rotatable bonds is 20. The van der Waals surface area contributed by atoms with Crippen LogP contribution < -0.4 is 21.3 Å². The van der Waals surface area contributed by atoms with Gasteiger partial charge in [0.15, 0.2) is 0 Å². The number of aromatic amines is 1. The summed E-state index contributed by atoms with van der Waals surface area (Å²) in [6, 6.07) is 34.2. The van der Waals surface area contributed by atoms with Gasteiger partial charge in [-0.1, -0.05) is 129 Å². The molecule has 0 bridgehead atoms. The van der Waals surface area contributed by atoms with Crippen molar-refractivity contribution in [2.24, 2.45) is 11.8 Å². The molecule has 0 aliphatic heterocycles. The van der Waals surface area contributed by atoms with E-state index in [0.29, 0.717) is 25.0 Å². The number of nitrogens with one attached hydrogen (secondary N) is 5. The van der Waals surface area contributed by atoms with Crippen molar-refractivity contribution in [3.05, 3.63) is 150 Å². The van der Waals surface area contributed by atoms with Gasteiger partial charge in [-0.2, -0.15) is 0 Å². The van der Waals surface area contributed by atoms with Crippen LogP contribution in [0.2, 0.25) is 0 Å². The average molecular weight is 859 g/mol. The summed E-state index contributed by atoms with van der Waals surface area (Å²) in [6.07, 6.45) is 2.24. The molecule has 6 rings (SSSR count). The summed E-state index contributed by atoms with van der Waals surface area (Å²) in [5, 5.41) is 37.0. The van der Waals surface area contributed by atoms with Crippen molar-refractivity contribution in [2.45, 2.75) is 76.7 Å². The van der Waals surface area contributed by atoms with Crippen LogP contribution in [0, 0.1) is 11.8 Å². The average Bonchev–Trinajstić information content (AvgIpc) is 3.77. The normalized spacial score (nSPS) is 13.0. The van der Waals surface area contributed by atoms with Gasteiger partial charge in [-0.05, 0) is 63.4 Å². The summed E-state index contributed by atoms with van der Waals surface area (Å²) in [6.45, 7) is 3.46. The topological polar surface area (TPSA) is 186 Å². The predicted octanol–water partition coefficient (Wildman–Crippen LogP) is 3.62. The zero-order chi connectivity index (χ0) is 42.4. The van der Waals surface area contributed by atoms with Crippen LogP contribution in [0.1, 0.15) is 49.1 Å². The van der Waals surface area contributed by atoms with E-state index in [1.54, 1.807) is 6.20 Å². The van der Waals surface area contributed by atoms with E-state index < -0.39 is 55.0 Å². The van der Waals surface area contributed by atoms with E-state index in [-0.39, 0.29) is 89.8 Å². The van der Waals surface area contributed by atoms with Gasteiger partial charge < -0.3 is 36.5 Å². The van der Waals surface area contributed by atoms with E-state index in [4.69, 9.17) is 0 Å². The number of aliphatic hydroxyl groups excluding tert-OH is 2. The number of hydrogen-bond donors (Lipinski definition) is 7. The first kappa shape index (κ1) is 50.3. The Morgan fingerprint density at radius 2 is 1.24 bits per heavy atom. The van der Waals surface area contributed by atoms with Crippen LogP contribution in [0.25, 0.3) is 21.5 Å². The Morgan fingerprint density at radius 1 is 0.661 bits per heavy atom. The van der Waals surface area contributed by atoms with Crippen molar-refractivity contribution >= 4 is 104 Å². The van der Waals surface area contributed by atoms with Crippen LogP contribution >= 0.6 is 0 Å². The monoisotopic (exact) mass is 858 g/mol. The Labute approximate surface area is 407 Å². The van der Waals surface area contributed by atoms with Gasteiger partial charge in [0.25, 0.3) is 0 Å². The second-order valence-corrected chi connectivity index (χ2v) is 15.7. The first-order chi connectivity index (χ1) is 29.1. The maximum absolute atomic E-state index is 14.6. The number of carbonyl (C=O) groups excluding carboxylic acids is 4. The Hall–Kier alpha value is -4.37. The maximum atomic E-state index is 14.6. The number of nitrogens with zero attached hydrogens (tertiary/aromatic N) is 1. The fraction of sp³-hybridized carbons (Fsp3) is 0.312. The predicted molar refractivity (Wildman–Crippen MR) is 247 cm³/mol. The third-order valence-electron chi connectivity index (χ3n) is 10.7. The van der Waals surface area contributed by atoms with Gasteiger partial charge in [-0.3, -0.25) is 19.2 Å². The Morgan fingerprint density at radius 3 is 1.81 bits per heavy atom. The quantitative estimate of drug-likeness (QED) is 0.0572. The molecule has 7 N–H and O–H groups in total. The zero-order valence-corrected chi connectivity index (χ0v) is 34.0. The van der Waals surface area contributed by atoms with E-state index in [9.17, 15) is 29.4 Å². The molecule has 1 aromatic heterocycles. The fourth-order valence-electron chi connectivity index (χ4n) is 7.58. The standard InChI is InChI=1S/C48H54N6O6.2Na.2H/c1-31(2)22-41(47(59)50-27-32-12-4-3-5-13-32)52-45(57)26-44(56)43(29-55)54-48(60)42(25-38-28-49-30-51-38)53-46(58)37(23-35-18-10-16-33-14-6-8-20-39(33)35)24-36-19-11-17-34-15-7-9-21-40(34)36;;;;/h3-21,28,30-31,37,41-44,55-56H,22-27,29H2,1-2H3,(H,49,51)(H,50,59)(H,52,57)(H,53,58)(H,54,60);;;;. The second-order valence-electron chi connectivity index (χ2n) is 15.7. The fourth-order valence-corrected chi connectivity index (χ4v) is 7.58. The summed E-state index contributed by atoms with van der Waals surface area (Å²) < 4.78 is 0. The van der Waals surface area contributed by atoms with Gasteiger partial charge >= 0.3 is 59.1 Å². The number of benzene rings is 5. The molecule has 14 heteroatoms. The van der Waals surface area contributed by atoms with E-state index in [1.807, 2.05) is 129 Å². The zero-order valence-electron chi connectivity index (χ0n) is 34.0. The van der Waals surface area contributed by atoms with Gasteiger partial charge in [-0.15, -0.1) is 0 Å². The summed E-state index contributed by atoms with van der Waals surface area (Å²) in [4.78, 5) is 62.2. The first-order valence-electron chi connectivity index (χ1n) is 20.5. The number of aliphatic hydroxyl groups is 2. The van der Waals surface area contributed by atoms with Crippen LogP contribution in [0.4, 0.5) is 0 Å². The van der Waals surface area contributed by atoms with Crippen LogP contribution in [-0.2, 0) is 45.0 Å². The van der Waals surface area contributed by atoms with Gasteiger partial charge in [0.05, 0.1) is 37.2 Å². The van der Waals surface area contributed by atoms with Crippen molar-refractivity contribution in [1.29, 1.82) is 0 Å². The molecule has 1 heterocycles. The van der Waals surface area contributed by atoms with E-state index in [1.165, 1.54) is 6.33 Å². The van der Waals surface area contributed by atoms with Crippen molar-refractivity contribution in [3.63, 3.8) is 0 Å². The van der Waals surface area contributed by atoms with Gasteiger partial charge in [0, 0.05) is 25.1 Å². The molecule has 0 saturated heterocycles. The second kappa shape index (κ2) is 25.1. The Balaban J connectivity index is 0.00000422. The minimum atomic E-state index is -1.52. The van der Waals surface area contributed by atoms with Gasteiger partial charge in [0.1, 0.15) is 12.1 Å². The molecule has 4 unspecified atom stereocenters. The number of aromatic nitrogens is 2. The van der Waals surface area contributed by atoms with Crippen molar-refractivity contribution in [1.82, 2.24) is 31.2 Å². The molecule has 62 heavy (non-hydrogen) atoms. The molecule has 4 atom stereocenters. The molecular weight excluding hydrogens is 803 g/mol. The summed E-state index contributed by atoms with van der Waals surface area (Å²) in [5.41, 5.74) is 3.40. The molecule has 0 aliphatic carbocycles. The van der Waals surface area contributed by atoms with Crippen LogP contribution in [-0.4, -0.2) is 134 Å². The number of H-pyrrole nitrogens is 1. The van der Waals surface area contributed by atoms with Gasteiger partial charge in [-0.25, -0.2) is 4.98 Å². The molecule has 4 amide bonds. The minimum absolute atomic E-state index is 0. The Bertz CT molecular complexity index is 2270. The summed E-state index contributed by atoms with van der Waals surface area (Å²) in [5.74, 6) is -2.53. The number of imidazole rings is 1. The molecule has 0 spiro atoms. The Kier molecular flexibility index (Phi) is 20.3.